The number of amides is 1. The number of rotatable bonds is 8. The van der Waals surface area contributed by atoms with E-state index in [-0.39, 0.29) is 5.91 Å². The van der Waals surface area contributed by atoms with Crippen LogP contribution in [0.5, 0.6) is 0 Å². The molecule has 1 amide bonds. The molecule has 1 aromatic carbocycles. The van der Waals surface area contributed by atoms with Crippen LogP contribution < -0.4 is 16.0 Å². The van der Waals surface area contributed by atoms with Crippen molar-refractivity contribution in [3.8, 4) is 0 Å². The molecule has 4 heteroatoms. The van der Waals surface area contributed by atoms with Crippen molar-refractivity contribution in [2.45, 2.75) is 26.3 Å². The third kappa shape index (κ3) is 5.01. The van der Waals surface area contributed by atoms with Gasteiger partial charge in [-0.05, 0) is 43.5 Å². The molecule has 0 aliphatic heterocycles. The highest BCUT2D eigenvalue weighted by Gasteiger charge is 2.20. The molecule has 1 aromatic rings. The quantitative estimate of drug-likeness (QED) is 0.668. The number of nitrogens with one attached hydrogen (secondary N) is 3. The van der Waals surface area contributed by atoms with Gasteiger partial charge in [0, 0.05) is 12.2 Å². The molecular formula is C15H23N3O. The van der Waals surface area contributed by atoms with E-state index < -0.39 is 0 Å². The lowest BCUT2D eigenvalue weighted by atomic mass is 10.1. The molecule has 0 spiro atoms. The zero-order chi connectivity index (χ0) is 13.5. The molecule has 2 rings (SSSR count). The Morgan fingerprint density at radius 1 is 1.26 bits per heavy atom. The van der Waals surface area contributed by atoms with Crippen LogP contribution in [0, 0.1) is 5.92 Å². The summed E-state index contributed by atoms with van der Waals surface area (Å²) in [6.45, 7) is 5.13. The van der Waals surface area contributed by atoms with Gasteiger partial charge < -0.3 is 16.0 Å². The molecule has 1 fully saturated rings. The van der Waals surface area contributed by atoms with Crippen LogP contribution in [0.2, 0.25) is 0 Å². The summed E-state index contributed by atoms with van der Waals surface area (Å²) in [6.07, 6.45) is 2.61. The molecule has 0 heterocycles. The average molecular weight is 261 g/mol. The lowest BCUT2D eigenvalue weighted by Gasteiger charge is -2.11. The molecule has 0 atom stereocenters. The molecule has 0 unspecified atom stereocenters. The second-order valence-corrected chi connectivity index (χ2v) is 5.06. The van der Waals surface area contributed by atoms with E-state index in [1.165, 1.54) is 12.8 Å². The van der Waals surface area contributed by atoms with Crippen LogP contribution in [0.15, 0.2) is 24.3 Å². The van der Waals surface area contributed by atoms with Crippen molar-refractivity contribution in [1.29, 1.82) is 0 Å². The maximum atomic E-state index is 11.8. The molecule has 0 radical (unpaired) electrons. The summed E-state index contributed by atoms with van der Waals surface area (Å²) < 4.78 is 0. The van der Waals surface area contributed by atoms with E-state index in [2.05, 4.69) is 22.9 Å². The van der Waals surface area contributed by atoms with Gasteiger partial charge in [0.2, 0.25) is 5.91 Å². The summed E-state index contributed by atoms with van der Waals surface area (Å²) in [5.74, 6) is 0.832. The van der Waals surface area contributed by atoms with Gasteiger partial charge in [0.1, 0.15) is 0 Å². The first-order valence-electron chi connectivity index (χ1n) is 7.08. The van der Waals surface area contributed by atoms with Crippen LogP contribution in [0.25, 0.3) is 0 Å². The minimum absolute atomic E-state index is 0.0320. The van der Waals surface area contributed by atoms with Gasteiger partial charge in [-0.15, -0.1) is 0 Å². The smallest absolute Gasteiger partial charge is 0.238 e. The monoisotopic (exact) mass is 261 g/mol. The number of benzene rings is 1. The topological polar surface area (TPSA) is 53.2 Å². The van der Waals surface area contributed by atoms with Crippen LogP contribution in [-0.2, 0) is 11.3 Å². The van der Waals surface area contributed by atoms with E-state index in [4.69, 9.17) is 0 Å². The van der Waals surface area contributed by atoms with Crippen molar-refractivity contribution in [2.75, 3.05) is 25.0 Å². The first-order chi connectivity index (χ1) is 9.29. The molecule has 0 saturated heterocycles. The third-order valence-electron chi connectivity index (χ3n) is 3.27. The molecule has 104 valence electrons. The lowest BCUT2D eigenvalue weighted by molar-refractivity contribution is -0.115. The largest absolute Gasteiger partial charge is 0.325 e. The fourth-order valence-electron chi connectivity index (χ4n) is 1.96. The minimum Gasteiger partial charge on any atom is -0.325 e. The summed E-state index contributed by atoms with van der Waals surface area (Å²) in [7, 11) is 0. The summed E-state index contributed by atoms with van der Waals surface area (Å²) in [4.78, 5) is 11.8. The fourth-order valence-corrected chi connectivity index (χ4v) is 1.96. The summed E-state index contributed by atoms with van der Waals surface area (Å²) in [5, 5.41) is 9.45. The Morgan fingerprint density at radius 2 is 2.05 bits per heavy atom. The van der Waals surface area contributed by atoms with Crippen molar-refractivity contribution in [3.63, 3.8) is 0 Å². The predicted molar refractivity (Wildman–Crippen MR) is 78.0 cm³/mol. The van der Waals surface area contributed by atoms with Crippen LogP contribution in [0.1, 0.15) is 25.3 Å². The van der Waals surface area contributed by atoms with Crippen LogP contribution in [0.3, 0.4) is 0 Å². The summed E-state index contributed by atoms with van der Waals surface area (Å²) in [6, 6.07) is 7.93. The Morgan fingerprint density at radius 3 is 2.79 bits per heavy atom. The Bertz CT molecular complexity index is 416. The van der Waals surface area contributed by atoms with Gasteiger partial charge in [-0.25, -0.2) is 0 Å². The zero-order valence-electron chi connectivity index (χ0n) is 11.5. The highest BCUT2D eigenvalue weighted by atomic mass is 16.1. The number of anilines is 1. The molecule has 4 nitrogen and oxygen atoms in total. The summed E-state index contributed by atoms with van der Waals surface area (Å²) in [5.41, 5.74) is 2.03. The number of carbonyl (C=O) groups is 1. The highest BCUT2D eigenvalue weighted by Crippen LogP contribution is 2.27. The molecule has 1 saturated carbocycles. The van der Waals surface area contributed by atoms with Crippen molar-refractivity contribution >= 4 is 11.6 Å². The minimum atomic E-state index is 0.0320. The Kier molecular flexibility index (Phi) is 5.36. The van der Waals surface area contributed by atoms with Crippen LogP contribution in [0.4, 0.5) is 5.69 Å². The first kappa shape index (κ1) is 14.0. The second kappa shape index (κ2) is 7.26. The number of carbonyl (C=O) groups excluding carboxylic acids is 1. The SMILES string of the molecule is CCNCc1ccccc1NC(=O)CNCC1CC1. The van der Waals surface area contributed by atoms with Crippen molar-refractivity contribution in [3.05, 3.63) is 29.8 Å². The van der Waals surface area contributed by atoms with Crippen molar-refractivity contribution < 1.29 is 4.79 Å². The predicted octanol–water partition coefficient (Wildman–Crippen LogP) is 1.73. The average Bonchev–Trinajstić information content (AvgIpc) is 3.22. The van der Waals surface area contributed by atoms with E-state index >= 15 is 0 Å². The van der Waals surface area contributed by atoms with E-state index in [9.17, 15) is 4.79 Å². The molecule has 19 heavy (non-hydrogen) atoms. The van der Waals surface area contributed by atoms with E-state index in [0.29, 0.717) is 6.54 Å². The molecule has 1 aliphatic rings. The lowest BCUT2D eigenvalue weighted by Crippen LogP contribution is -2.30. The molecule has 0 bridgehead atoms. The van der Waals surface area contributed by atoms with Gasteiger partial charge in [0.25, 0.3) is 0 Å². The second-order valence-electron chi connectivity index (χ2n) is 5.06. The van der Waals surface area contributed by atoms with Gasteiger partial charge >= 0.3 is 0 Å². The standard InChI is InChI=1S/C15H23N3O/c1-2-16-10-13-5-3-4-6-14(13)18-15(19)11-17-9-12-7-8-12/h3-6,12,16-17H,2,7-11H2,1H3,(H,18,19). The summed E-state index contributed by atoms with van der Waals surface area (Å²) >= 11 is 0. The van der Waals surface area contributed by atoms with Gasteiger partial charge in [-0.3, -0.25) is 4.79 Å². The van der Waals surface area contributed by atoms with E-state index in [1.807, 2.05) is 24.3 Å². The highest BCUT2D eigenvalue weighted by molar-refractivity contribution is 5.92. The number of para-hydroxylation sites is 1. The van der Waals surface area contributed by atoms with Gasteiger partial charge in [0.15, 0.2) is 0 Å². The van der Waals surface area contributed by atoms with Gasteiger partial charge in [-0.2, -0.15) is 0 Å². The van der Waals surface area contributed by atoms with Crippen LogP contribution >= 0.6 is 0 Å². The maximum Gasteiger partial charge on any atom is 0.238 e. The normalized spacial score (nSPS) is 14.4. The maximum absolute atomic E-state index is 11.8. The van der Waals surface area contributed by atoms with E-state index in [1.54, 1.807) is 0 Å². The van der Waals surface area contributed by atoms with E-state index in [0.717, 1.165) is 36.8 Å². The fraction of sp³-hybridized carbons (Fsp3) is 0.533. The Labute approximate surface area is 115 Å². The van der Waals surface area contributed by atoms with Gasteiger partial charge in [-0.1, -0.05) is 25.1 Å². The van der Waals surface area contributed by atoms with Crippen LogP contribution in [-0.4, -0.2) is 25.5 Å². The Balaban J connectivity index is 1.80. The Hall–Kier alpha value is -1.39. The molecule has 0 aromatic heterocycles. The first-order valence-corrected chi connectivity index (χ1v) is 7.08. The third-order valence-corrected chi connectivity index (χ3v) is 3.27. The number of hydrogen-bond acceptors (Lipinski definition) is 3. The zero-order valence-corrected chi connectivity index (χ0v) is 11.5. The van der Waals surface area contributed by atoms with Crippen molar-refractivity contribution in [1.82, 2.24) is 10.6 Å². The number of hydrogen-bond donors (Lipinski definition) is 3. The molecular weight excluding hydrogens is 238 g/mol. The van der Waals surface area contributed by atoms with Gasteiger partial charge in [0.05, 0.1) is 6.54 Å². The van der Waals surface area contributed by atoms with Crippen molar-refractivity contribution in [2.24, 2.45) is 5.92 Å². The molecule has 1 aliphatic carbocycles. The molecule has 3 N–H and O–H groups in total.